The molecule has 104 valence electrons. The van der Waals surface area contributed by atoms with Crippen LogP contribution in [0.4, 0.5) is 5.82 Å². The van der Waals surface area contributed by atoms with Crippen molar-refractivity contribution in [1.29, 1.82) is 0 Å². The maximum atomic E-state index is 12.4. The Labute approximate surface area is 121 Å². The fourth-order valence-corrected chi connectivity index (χ4v) is 2.08. The Morgan fingerprint density at radius 3 is 2.76 bits per heavy atom. The molecule has 0 bridgehead atoms. The predicted octanol–water partition coefficient (Wildman–Crippen LogP) is 2.89. The zero-order valence-electron chi connectivity index (χ0n) is 11.4. The Bertz CT molecular complexity index is 797. The number of benzene rings is 1. The van der Waals surface area contributed by atoms with E-state index < -0.39 is 0 Å². The van der Waals surface area contributed by atoms with Crippen molar-refractivity contribution < 1.29 is 9.53 Å². The largest absolute Gasteiger partial charge is 0.497 e. The van der Waals surface area contributed by atoms with E-state index in [0.29, 0.717) is 17.3 Å². The van der Waals surface area contributed by atoms with Gasteiger partial charge >= 0.3 is 0 Å². The molecule has 5 nitrogen and oxygen atoms in total. The molecule has 0 unspecified atom stereocenters. The van der Waals surface area contributed by atoms with Crippen LogP contribution in [0, 0.1) is 0 Å². The molecule has 0 aliphatic rings. The molecule has 0 atom stereocenters. The normalized spacial score (nSPS) is 10.3. The van der Waals surface area contributed by atoms with Crippen molar-refractivity contribution in [2.45, 2.75) is 0 Å². The van der Waals surface area contributed by atoms with Gasteiger partial charge in [-0.15, -0.1) is 0 Å². The lowest BCUT2D eigenvalue weighted by molar-refractivity contribution is 0.102. The van der Waals surface area contributed by atoms with Crippen LogP contribution >= 0.6 is 0 Å². The number of anilines is 1. The molecule has 1 aromatic carbocycles. The van der Waals surface area contributed by atoms with E-state index in [1.807, 2.05) is 30.3 Å². The van der Waals surface area contributed by atoms with E-state index in [-0.39, 0.29) is 5.91 Å². The van der Waals surface area contributed by atoms with Crippen molar-refractivity contribution in [3.63, 3.8) is 0 Å². The molecule has 5 heteroatoms. The lowest BCUT2D eigenvalue weighted by Crippen LogP contribution is -2.15. The summed E-state index contributed by atoms with van der Waals surface area (Å²) in [7, 11) is 1.56. The smallest absolute Gasteiger partial charge is 0.276 e. The molecule has 0 saturated carbocycles. The fraction of sp³-hybridized carbons (Fsp3) is 0.0625. The highest BCUT2D eigenvalue weighted by Gasteiger charge is 2.12. The summed E-state index contributed by atoms with van der Waals surface area (Å²) in [5.74, 6) is 0.757. The second-order valence-corrected chi connectivity index (χ2v) is 4.42. The first-order chi connectivity index (χ1) is 10.3. The molecule has 2 aromatic heterocycles. The number of carbonyl (C=O) groups is 1. The summed E-state index contributed by atoms with van der Waals surface area (Å²) >= 11 is 0. The molecule has 0 radical (unpaired) electrons. The number of aromatic nitrogens is 2. The van der Waals surface area contributed by atoms with Crippen LogP contribution in [-0.2, 0) is 0 Å². The van der Waals surface area contributed by atoms with Crippen molar-refractivity contribution in [1.82, 2.24) is 9.97 Å². The number of fused-ring (bicyclic) bond motifs is 1. The highest BCUT2D eigenvalue weighted by molar-refractivity contribution is 6.11. The second-order valence-electron chi connectivity index (χ2n) is 4.42. The van der Waals surface area contributed by atoms with Crippen molar-refractivity contribution in [3.8, 4) is 5.75 Å². The summed E-state index contributed by atoms with van der Waals surface area (Å²) in [5.41, 5.74) is 0.373. The summed E-state index contributed by atoms with van der Waals surface area (Å²) in [4.78, 5) is 20.6. The molecular weight excluding hydrogens is 266 g/mol. The third kappa shape index (κ3) is 2.67. The standard InChI is InChI=1S/C16H13N3O2/c1-21-12-7-9-17-14(10-12)19-16(20)15-13-5-3-2-4-11(13)6-8-18-15/h2-10H,1H3,(H,17,19,20). The van der Waals surface area contributed by atoms with Gasteiger partial charge in [0.1, 0.15) is 17.3 Å². The van der Waals surface area contributed by atoms with Crippen LogP contribution in [-0.4, -0.2) is 23.0 Å². The molecule has 0 fully saturated rings. The average Bonchev–Trinajstić information content (AvgIpc) is 2.54. The number of hydrogen-bond donors (Lipinski definition) is 1. The van der Waals surface area contributed by atoms with Gasteiger partial charge in [0.05, 0.1) is 7.11 Å². The van der Waals surface area contributed by atoms with Crippen molar-refractivity contribution >= 4 is 22.5 Å². The Balaban J connectivity index is 1.93. The number of hydrogen-bond acceptors (Lipinski definition) is 4. The first-order valence-corrected chi connectivity index (χ1v) is 6.43. The summed E-state index contributed by atoms with van der Waals surface area (Å²) in [6.45, 7) is 0. The van der Waals surface area contributed by atoms with E-state index in [1.165, 1.54) is 0 Å². The van der Waals surface area contributed by atoms with Gasteiger partial charge in [-0.1, -0.05) is 24.3 Å². The van der Waals surface area contributed by atoms with Crippen LogP contribution in [0.3, 0.4) is 0 Å². The third-order valence-electron chi connectivity index (χ3n) is 3.10. The first-order valence-electron chi connectivity index (χ1n) is 6.43. The quantitative estimate of drug-likeness (QED) is 0.800. The van der Waals surface area contributed by atoms with Gasteiger partial charge in [-0.25, -0.2) is 4.98 Å². The van der Waals surface area contributed by atoms with Crippen molar-refractivity contribution in [3.05, 3.63) is 60.6 Å². The van der Waals surface area contributed by atoms with Crippen LogP contribution in [0.15, 0.2) is 54.9 Å². The van der Waals surface area contributed by atoms with Gasteiger partial charge in [-0.2, -0.15) is 0 Å². The maximum Gasteiger partial charge on any atom is 0.276 e. The second kappa shape index (κ2) is 5.58. The minimum atomic E-state index is -0.299. The first kappa shape index (κ1) is 13.1. The molecule has 2 heterocycles. The molecule has 0 spiro atoms. The molecule has 0 saturated heterocycles. The number of methoxy groups -OCH3 is 1. The van der Waals surface area contributed by atoms with E-state index in [1.54, 1.807) is 31.6 Å². The number of amides is 1. The number of nitrogens with zero attached hydrogens (tertiary/aromatic N) is 2. The van der Waals surface area contributed by atoms with Crippen molar-refractivity contribution in [2.24, 2.45) is 0 Å². The number of ether oxygens (including phenoxy) is 1. The zero-order valence-corrected chi connectivity index (χ0v) is 11.4. The van der Waals surface area contributed by atoms with Crippen LogP contribution < -0.4 is 10.1 Å². The van der Waals surface area contributed by atoms with Gasteiger partial charge in [0.15, 0.2) is 0 Å². The summed E-state index contributed by atoms with van der Waals surface area (Å²) in [6.07, 6.45) is 3.20. The van der Waals surface area contributed by atoms with Gasteiger partial charge in [-0.3, -0.25) is 9.78 Å². The number of pyridine rings is 2. The minimum absolute atomic E-state index is 0.299. The molecule has 0 aliphatic carbocycles. The third-order valence-corrected chi connectivity index (χ3v) is 3.10. The maximum absolute atomic E-state index is 12.4. The summed E-state index contributed by atoms with van der Waals surface area (Å²) in [5, 5.41) is 4.51. The van der Waals surface area contributed by atoms with Gasteiger partial charge < -0.3 is 10.1 Å². The van der Waals surface area contributed by atoms with E-state index in [0.717, 1.165) is 10.8 Å². The Hall–Kier alpha value is -2.95. The number of rotatable bonds is 3. The monoisotopic (exact) mass is 279 g/mol. The Morgan fingerprint density at radius 2 is 1.90 bits per heavy atom. The van der Waals surface area contributed by atoms with Gasteiger partial charge in [0.2, 0.25) is 0 Å². The van der Waals surface area contributed by atoms with E-state index >= 15 is 0 Å². The van der Waals surface area contributed by atoms with Gasteiger partial charge in [0, 0.05) is 23.8 Å². The van der Waals surface area contributed by atoms with Crippen LogP contribution in [0.1, 0.15) is 10.5 Å². The predicted molar refractivity (Wildman–Crippen MR) is 80.5 cm³/mol. The van der Waals surface area contributed by atoms with Crippen LogP contribution in [0.25, 0.3) is 10.8 Å². The Kier molecular flexibility index (Phi) is 3.47. The molecule has 3 aromatic rings. The van der Waals surface area contributed by atoms with Crippen molar-refractivity contribution in [2.75, 3.05) is 12.4 Å². The molecule has 0 aliphatic heterocycles. The van der Waals surface area contributed by atoms with E-state index in [9.17, 15) is 4.79 Å². The average molecular weight is 279 g/mol. The number of carbonyl (C=O) groups excluding carboxylic acids is 1. The Morgan fingerprint density at radius 1 is 1.10 bits per heavy atom. The lowest BCUT2D eigenvalue weighted by Gasteiger charge is -2.07. The highest BCUT2D eigenvalue weighted by Crippen LogP contribution is 2.18. The fourth-order valence-electron chi connectivity index (χ4n) is 2.08. The zero-order chi connectivity index (χ0) is 14.7. The van der Waals surface area contributed by atoms with E-state index in [4.69, 9.17) is 4.74 Å². The number of nitrogens with one attached hydrogen (secondary N) is 1. The highest BCUT2D eigenvalue weighted by atomic mass is 16.5. The molecule has 3 rings (SSSR count). The van der Waals surface area contributed by atoms with Gasteiger partial charge in [0.25, 0.3) is 5.91 Å². The molecular formula is C16H13N3O2. The molecule has 21 heavy (non-hydrogen) atoms. The topological polar surface area (TPSA) is 64.1 Å². The SMILES string of the molecule is COc1ccnc(NC(=O)c2nccc3ccccc23)c1. The molecule has 1 amide bonds. The minimum Gasteiger partial charge on any atom is -0.497 e. The summed E-state index contributed by atoms with van der Waals surface area (Å²) in [6, 6.07) is 12.9. The van der Waals surface area contributed by atoms with Crippen LogP contribution in [0.2, 0.25) is 0 Å². The lowest BCUT2D eigenvalue weighted by atomic mass is 10.1. The van der Waals surface area contributed by atoms with Crippen LogP contribution in [0.5, 0.6) is 5.75 Å². The molecule has 1 N–H and O–H groups in total. The van der Waals surface area contributed by atoms with E-state index in [2.05, 4.69) is 15.3 Å². The summed E-state index contributed by atoms with van der Waals surface area (Å²) < 4.78 is 5.11. The van der Waals surface area contributed by atoms with Gasteiger partial charge in [-0.05, 0) is 17.5 Å².